The average Bonchev–Trinajstić information content (AvgIpc) is 3.04. The molecule has 4 rings (SSSR count). The normalized spacial score (nSPS) is 15.3. The first-order valence-corrected chi connectivity index (χ1v) is 9.80. The van der Waals surface area contributed by atoms with Crippen molar-refractivity contribution in [3.05, 3.63) is 36.4 Å². The van der Waals surface area contributed by atoms with Gasteiger partial charge in [0.05, 0.1) is 17.4 Å². The highest BCUT2D eigenvalue weighted by molar-refractivity contribution is 5.95. The van der Waals surface area contributed by atoms with Crippen LogP contribution in [0.5, 0.6) is 0 Å². The zero-order valence-electron chi connectivity index (χ0n) is 16.7. The van der Waals surface area contributed by atoms with Crippen molar-refractivity contribution in [2.75, 3.05) is 18.9 Å². The molecule has 1 aliphatic heterocycles. The number of fused-ring (bicyclic) bond motifs is 1. The molecule has 1 aliphatic rings. The van der Waals surface area contributed by atoms with Crippen LogP contribution in [0.25, 0.3) is 22.2 Å². The largest absolute Gasteiger partial charge is 0.381 e. The van der Waals surface area contributed by atoms with Crippen LogP contribution in [0.2, 0.25) is 0 Å². The molecule has 7 nitrogen and oxygen atoms in total. The van der Waals surface area contributed by atoms with Crippen molar-refractivity contribution < 1.29 is 9.84 Å². The smallest absolute Gasteiger partial charge is 0.220 e. The van der Waals surface area contributed by atoms with Crippen LogP contribution >= 0.6 is 0 Å². The molecule has 0 amide bonds. The van der Waals surface area contributed by atoms with Crippen LogP contribution < -0.4 is 5.73 Å². The van der Waals surface area contributed by atoms with Crippen molar-refractivity contribution in [3.63, 3.8) is 0 Å². The maximum atomic E-state index is 9.90. The van der Waals surface area contributed by atoms with Crippen LogP contribution in [0.1, 0.15) is 32.4 Å². The number of anilines is 1. The summed E-state index contributed by atoms with van der Waals surface area (Å²) < 4.78 is 7.73. The van der Waals surface area contributed by atoms with E-state index in [1.165, 1.54) is 0 Å². The zero-order chi connectivity index (χ0) is 20.4. The van der Waals surface area contributed by atoms with E-state index in [-0.39, 0.29) is 5.95 Å². The van der Waals surface area contributed by atoms with E-state index in [9.17, 15) is 5.11 Å². The third-order valence-electron chi connectivity index (χ3n) is 5.01. The molecule has 7 heteroatoms. The van der Waals surface area contributed by atoms with Gasteiger partial charge in [-0.05, 0) is 50.7 Å². The number of hydrogen-bond acceptors (Lipinski definition) is 6. The topological polar surface area (TPSA) is 99.1 Å². The monoisotopic (exact) mass is 391 g/mol. The van der Waals surface area contributed by atoms with Gasteiger partial charge in [-0.2, -0.15) is 0 Å². The fourth-order valence-electron chi connectivity index (χ4n) is 3.56. The number of rotatable bonds is 3. The number of ether oxygens (including phenoxy) is 1. The quantitative estimate of drug-likeness (QED) is 0.666. The molecule has 3 aromatic heterocycles. The van der Waals surface area contributed by atoms with Crippen molar-refractivity contribution in [3.8, 4) is 23.1 Å². The molecule has 0 aliphatic carbocycles. The van der Waals surface area contributed by atoms with E-state index < -0.39 is 5.60 Å². The second kappa shape index (κ2) is 7.82. The number of nitrogens with two attached hydrogens (primary N) is 1. The first kappa shape index (κ1) is 19.4. The van der Waals surface area contributed by atoms with Crippen molar-refractivity contribution in [1.29, 1.82) is 0 Å². The summed E-state index contributed by atoms with van der Waals surface area (Å²) in [4.78, 5) is 12.9. The molecule has 0 saturated carbocycles. The first-order chi connectivity index (χ1) is 13.9. The molecule has 0 aromatic carbocycles. The van der Waals surface area contributed by atoms with Crippen LogP contribution in [0, 0.1) is 17.8 Å². The summed E-state index contributed by atoms with van der Waals surface area (Å²) in [6.45, 7) is 5.83. The summed E-state index contributed by atoms with van der Waals surface area (Å²) in [5.41, 5.74) is 8.10. The Labute approximate surface area is 170 Å². The molecule has 29 heavy (non-hydrogen) atoms. The minimum Gasteiger partial charge on any atom is -0.381 e. The summed E-state index contributed by atoms with van der Waals surface area (Å²) in [5.74, 6) is 6.59. The second-order valence-electron chi connectivity index (χ2n) is 7.95. The lowest BCUT2D eigenvalue weighted by atomic mass is 10.0. The van der Waals surface area contributed by atoms with Crippen LogP contribution in [0.3, 0.4) is 0 Å². The van der Waals surface area contributed by atoms with Gasteiger partial charge in [0.15, 0.2) is 0 Å². The molecule has 0 spiro atoms. The van der Waals surface area contributed by atoms with Gasteiger partial charge in [0, 0.05) is 43.1 Å². The van der Waals surface area contributed by atoms with Crippen LogP contribution in [0.4, 0.5) is 5.95 Å². The van der Waals surface area contributed by atoms with Crippen LogP contribution in [-0.4, -0.2) is 43.4 Å². The fraction of sp³-hybridized carbons (Fsp3) is 0.409. The minimum absolute atomic E-state index is 0.240. The molecule has 0 radical (unpaired) electrons. The summed E-state index contributed by atoms with van der Waals surface area (Å²) in [7, 11) is 0. The van der Waals surface area contributed by atoms with E-state index in [0.29, 0.717) is 11.6 Å². The number of nitrogens with zero attached hydrogens (tertiary/aromatic N) is 4. The Bertz CT molecular complexity index is 1080. The van der Waals surface area contributed by atoms with E-state index in [0.717, 1.165) is 54.8 Å². The van der Waals surface area contributed by atoms with Crippen LogP contribution in [0.15, 0.2) is 30.7 Å². The third-order valence-corrected chi connectivity index (χ3v) is 5.01. The molecule has 4 heterocycles. The Hall–Kier alpha value is -2.95. The number of hydrogen-bond donors (Lipinski definition) is 2. The summed E-state index contributed by atoms with van der Waals surface area (Å²) >= 11 is 0. The van der Waals surface area contributed by atoms with Crippen molar-refractivity contribution >= 4 is 16.9 Å². The Morgan fingerprint density at radius 2 is 2.10 bits per heavy atom. The first-order valence-electron chi connectivity index (χ1n) is 9.80. The van der Waals surface area contributed by atoms with Crippen LogP contribution in [-0.2, 0) is 11.3 Å². The van der Waals surface area contributed by atoms with Gasteiger partial charge >= 0.3 is 0 Å². The van der Waals surface area contributed by atoms with E-state index >= 15 is 0 Å². The molecule has 0 unspecified atom stereocenters. The van der Waals surface area contributed by atoms with Crippen molar-refractivity contribution in [2.24, 2.45) is 5.92 Å². The van der Waals surface area contributed by atoms with Gasteiger partial charge in [-0.1, -0.05) is 5.92 Å². The van der Waals surface area contributed by atoms with Gasteiger partial charge in [-0.25, -0.2) is 15.0 Å². The Morgan fingerprint density at radius 3 is 2.83 bits per heavy atom. The van der Waals surface area contributed by atoms with Gasteiger partial charge in [0.1, 0.15) is 11.3 Å². The van der Waals surface area contributed by atoms with Crippen molar-refractivity contribution in [2.45, 2.75) is 38.8 Å². The molecule has 3 aromatic rings. The van der Waals surface area contributed by atoms with Gasteiger partial charge < -0.3 is 20.1 Å². The molecule has 3 N–H and O–H groups in total. The highest BCUT2D eigenvalue weighted by Gasteiger charge is 2.18. The second-order valence-corrected chi connectivity index (χ2v) is 7.95. The van der Waals surface area contributed by atoms with Gasteiger partial charge in [-0.15, -0.1) is 0 Å². The molecule has 1 saturated heterocycles. The summed E-state index contributed by atoms with van der Waals surface area (Å²) in [5, 5.41) is 10.9. The Kier molecular flexibility index (Phi) is 5.22. The molecule has 150 valence electrons. The molecule has 0 bridgehead atoms. The number of aromatic nitrogens is 4. The maximum Gasteiger partial charge on any atom is 0.220 e. The molecule has 0 atom stereocenters. The standard InChI is InChI=1S/C22H25N5O2/c1-22(2,28)7-3-16-11-17-18(19-4-8-24-21(23)26-19)14-27(20(17)12-25-16)13-15-5-9-29-10-6-15/h4,8,11-12,14-15,28H,5-6,9-10,13H2,1-2H3,(H2,23,24,26). The minimum atomic E-state index is -1.07. The predicted octanol–water partition coefficient (Wildman–Crippen LogP) is 2.62. The summed E-state index contributed by atoms with van der Waals surface area (Å²) in [6, 6.07) is 3.80. The van der Waals surface area contributed by atoms with Gasteiger partial charge in [0.25, 0.3) is 0 Å². The van der Waals surface area contributed by atoms with E-state index in [1.807, 2.05) is 18.3 Å². The van der Waals surface area contributed by atoms with E-state index in [1.54, 1.807) is 20.0 Å². The number of pyridine rings is 1. The lowest BCUT2D eigenvalue weighted by Crippen LogP contribution is -2.20. The van der Waals surface area contributed by atoms with Gasteiger partial charge in [0.2, 0.25) is 5.95 Å². The van der Waals surface area contributed by atoms with Gasteiger partial charge in [-0.3, -0.25) is 0 Å². The van der Waals surface area contributed by atoms with Crippen molar-refractivity contribution in [1.82, 2.24) is 19.5 Å². The zero-order valence-corrected chi connectivity index (χ0v) is 16.7. The lowest BCUT2D eigenvalue weighted by molar-refractivity contribution is 0.0616. The number of aliphatic hydroxyl groups is 1. The summed E-state index contributed by atoms with van der Waals surface area (Å²) in [6.07, 6.45) is 7.72. The highest BCUT2D eigenvalue weighted by atomic mass is 16.5. The molecule has 1 fully saturated rings. The molecular weight excluding hydrogens is 366 g/mol. The molecular formula is C22H25N5O2. The Balaban J connectivity index is 1.80. The lowest BCUT2D eigenvalue weighted by Gasteiger charge is -2.22. The number of nitrogen functional groups attached to an aromatic ring is 1. The van der Waals surface area contributed by atoms with E-state index in [4.69, 9.17) is 10.5 Å². The fourth-order valence-corrected chi connectivity index (χ4v) is 3.56. The van der Waals surface area contributed by atoms with E-state index in [2.05, 4.69) is 37.6 Å². The maximum absolute atomic E-state index is 9.90. The third kappa shape index (κ3) is 4.56. The SMILES string of the molecule is CC(C)(O)C#Cc1cc2c(-c3ccnc(N)n3)cn(CC3CCOCC3)c2cn1. The average molecular weight is 391 g/mol. The Morgan fingerprint density at radius 1 is 1.31 bits per heavy atom. The highest BCUT2D eigenvalue weighted by Crippen LogP contribution is 2.31. The predicted molar refractivity (Wildman–Crippen MR) is 112 cm³/mol.